The highest BCUT2D eigenvalue weighted by Crippen LogP contribution is 2.30. The molecule has 2 heteroatoms. The molecule has 2 rings (SSSR count). The van der Waals surface area contributed by atoms with E-state index in [1.54, 1.807) is 6.07 Å². The largest absolute Gasteiger partial charge is 0.306 e. The Bertz CT molecular complexity index is 478. The summed E-state index contributed by atoms with van der Waals surface area (Å²) in [5.41, 5.74) is 3.17. The summed E-state index contributed by atoms with van der Waals surface area (Å²) >= 11 is 0. The van der Waals surface area contributed by atoms with E-state index >= 15 is 0 Å². The maximum Gasteiger partial charge on any atom is 0.128 e. The van der Waals surface area contributed by atoms with Gasteiger partial charge in [-0.3, -0.25) is 0 Å². The lowest BCUT2D eigenvalue weighted by molar-refractivity contribution is 0.513. The number of rotatable bonds is 5. The van der Waals surface area contributed by atoms with Crippen molar-refractivity contribution in [3.05, 3.63) is 46.8 Å². The summed E-state index contributed by atoms with van der Waals surface area (Å²) in [7, 11) is 0. The predicted octanol–water partition coefficient (Wildman–Crippen LogP) is 5.46. The van der Waals surface area contributed by atoms with Crippen LogP contribution in [0.4, 0.5) is 4.39 Å². The number of hydrogen-bond acceptors (Lipinski definition) is 1. The molecule has 0 radical (unpaired) electrons. The number of allylic oxidation sites excluding steroid dienone is 1. The monoisotopic (exact) mass is 289 g/mol. The summed E-state index contributed by atoms with van der Waals surface area (Å²) in [6, 6.07) is 5.67. The maximum absolute atomic E-state index is 14.4. The standard InChI is InChI=1S/C19H28FN/c1-3-13-21-19(16-9-7-5-4-6-8-10-16)17-12-11-15(2)14-18(17)20/h9,11-12,14,19,21H,3-8,10,13H2,1-2H3/b16-9+. The Kier molecular flexibility index (Phi) is 6.44. The van der Waals surface area contributed by atoms with Gasteiger partial charge in [-0.05, 0) is 57.2 Å². The molecule has 0 heterocycles. The Morgan fingerprint density at radius 2 is 2.00 bits per heavy atom. The summed E-state index contributed by atoms with van der Waals surface area (Å²) < 4.78 is 14.4. The topological polar surface area (TPSA) is 12.0 Å². The van der Waals surface area contributed by atoms with Crippen LogP contribution in [0.5, 0.6) is 0 Å². The van der Waals surface area contributed by atoms with Gasteiger partial charge in [0.2, 0.25) is 0 Å². The van der Waals surface area contributed by atoms with Crippen molar-refractivity contribution in [2.24, 2.45) is 0 Å². The van der Waals surface area contributed by atoms with Gasteiger partial charge in [-0.25, -0.2) is 4.39 Å². The molecule has 0 amide bonds. The molecular formula is C19H28FN. The van der Waals surface area contributed by atoms with Crippen LogP contribution in [0.25, 0.3) is 0 Å². The van der Waals surface area contributed by atoms with Gasteiger partial charge in [0.1, 0.15) is 5.82 Å². The SMILES string of the molecule is CCCNC(/C1=C/CCCCCC1)c1ccc(C)cc1F. The molecule has 1 atom stereocenters. The van der Waals surface area contributed by atoms with Crippen LogP contribution in [0, 0.1) is 12.7 Å². The van der Waals surface area contributed by atoms with Crippen LogP contribution in [0.15, 0.2) is 29.8 Å². The first kappa shape index (κ1) is 16.2. The molecule has 0 fully saturated rings. The molecule has 0 aliphatic heterocycles. The Balaban J connectivity index is 2.27. The van der Waals surface area contributed by atoms with E-state index in [4.69, 9.17) is 0 Å². The van der Waals surface area contributed by atoms with E-state index in [0.29, 0.717) is 0 Å². The lowest BCUT2D eigenvalue weighted by Crippen LogP contribution is -2.25. The number of halogens is 1. The molecule has 1 aliphatic carbocycles. The van der Waals surface area contributed by atoms with Crippen molar-refractivity contribution in [2.45, 2.75) is 64.8 Å². The lowest BCUT2D eigenvalue weighted by atomic mass is 9.90. The number of aryl methyl sites for hydroxylation is 1. The van der Waals surface area contributed by atoms with Crippen molar-refractivity contribution in [1.29, 1.82) is 0 Å². The van der Waals surface area contributed by atoms with Crippen LogP contribution in [0.3, 0.4) is 0 Å². The Morgan fingerprint density at radius 3 is 2.76 bits per heavy atom. The van der Waals surface area contributed by atoms with Gasteiger partial charge in [0, 0.05) is 5.56 Å². The van der Waals surface area contributed by atoms with Crippen molar-refractivity contribution in [3.8, 4) is 0 Å². The van der Waals surface area contributed by atoms with Crippen molar-refractivity contribution in [1.82, 2.24) is 5.32 Å². The first-order valence-corrected chi connectivity index (χ1v) is 8.40. The zero-order chi connectivity index (χ0) is 15.1. The van der Waals surface area contributed by atoms with Crippen LogP contribution < -0.4 is 5.32 Å². The molecule has 0 bridgehead atoms. The summed E-state index contributed by atoms with van der Waals surface area (Å²) in [6.45, 7) is 5.02. The van der Waals surface area contributed by atoms with Crippen LogP contribution in [-0.4, -0.2) is 6.54 Å². The third-order valence-corrected chi connectivity index (χ3v) is 4.26. The van der Waals surface area contributed by atoms with Crippen LogP contribution in [0.1, 0.15) is 69.0 Å². The minimum Gasteiger partial charge on any atom is -0.306 e. The number of hydrogen-bond donors (Lipinski definition) is 1. The molecule has 116 valence electrons. The molecule has 1 aromatic rings. The second-order valence-corrected chi connectivity index (χ2v) is 6.14. The summed E-state index contributed by atoms with van der Waals surface area (Å²) in [5, 5.41) is 3.56. The van der Waals surface area contributed by atoms with Gasteiger partial charge in [-0.15, -0.1) is 0 Å². The minimum absolute atomic E-state index is 0.0450. The average molecular weight is 289 g/mol. The third-order valence-electron chi connectivity index (χ3n) is 4.26. The fourth-order valence-electron chi connectivity index (χ4n) is 3.07. The summed E-state index contributed by atoms with van der Waals surface area (Å²) in [5.74, 6) is -0.0773. The highest BCUT2D eigenvalue weighted by Gasteiger charge is 2.19. The predicted molar refractivity (Wildman–Crippen MR) is 88.0 cm³/mol. The first-order chi connectivity index (χ1) is 10.2. The van der Waals surface area contributed by atoms with E-state index in [0.717, 1.165) is 36.9 Å². The van der Waals surface area contributed by atoms with Crippen LogP contribution in [-0.2, 0) is 0 Å². The Morgan fingerprint density at radius 1 is 1.19 bits per heavy atom. The van der Waals surface area contributed by atoms with E-state index in [2.05, 4.69) is 18.3 Å². The lowest BCUT2D eigenvalue weighted by Gasteiger charge is -2.24. The molecule has 1 N–H and O–H groups in total. The molecule has 0 saturated carbocycles. The first-order valence-electron chi connectivity index (χ1n) is 8.40. The molecule has 0 saturated heterocycles. The fraction of sp³-hybridized carbons (Fsp3) is 0.579. The molecule has 1 aromatic carbocycles. The third kappa shape index (κ3) is 4.67. The zero-order valence-electron chi connectivity index (χ0n) is 13.4. The van der Waals surface area contributed by atoms with Gasteiger partial charge in [0.15, 0.2) is 0 Å². The van der Waals surface area contributed by atoms with E-state index in [1.807, 2.05) is 19.1 Å². The fourth-order valence-corrected chi connectivity index (χ4v) is 3.07. The maximum atomic E-state index is 14.4. The molecule has 1 nitrogen and oxygen atoms in total. The average Bonchev–Trinajstić information content (AvgIpc) is 2.42. The van der Waals surface area contributed by atoms with E-state index in [9.17, 15) is 4.39 Å². The second-order valence-electron chi connectivity index (χ2n) is 6.14. The molecule has 1 unspecified atom stereocenters. The van der Waals surface area contributed by atoms with E-state index < -0.39 is 0 Å². The van der Waals surface area contributed by atoms with Gasteiger partial charge in [0.05, 0.1) is 6.04 Å². The van der Waals surface area contributed by atoms with Gasteiger partial charge in [0.25, 0.3) is 0 Å². The van der Waals surface area contributed by atoms with Crippen molar-refractivity contribution in [2.75, 3.05) is 6.54 Å². The van der Waals surface area contributed by atoms with Gasteiger partial charge >= 0.3 is 0 Å². The molecule has 0 aromatic heterocycles. The molecule has 1 aliphatic rings. The van der Waals surface area contributed by atoms with E-state index in [-0.39, 0.29) is 11.9 Å². The van der Waals surface area contributed by atoms with Crippen LogP contribution >= 0.6 is 0 Å². The zero-order valence-corrected chi connectivity index (χ0v) is 13.4. The second kappa shape index (κ2) is 8.33. The normalized spacial score (nSPS) is 20.2. The summed E-state index contributed by atoms with van der Waals surface area (Å²) in [6.07, 6.45) is 10.8. The summed E-state index contributed by atoms with van der Waals surface area (Å²) in [4.78, 5) is 0. The van der Waals surface area contributed by atoms with Gasteiger partial charge in [-0.2, -0.15) is 0 Å². The number of nitrogens with one attached hydrogen (secondary N) is 1. The van der Waals surface area contributed by atoms with Gasteiger partial charge in [-0.1, -0.05) is 43.5 Å². The van der Waals surface area contributed by atoms with Crippen molar-refractivity contribution < 1.29 is 4.39 Å². The highest BCUT2D eigenvalue weighted by atomic mass is 19.1. The van der Waals surface area contributed by atoms with Crippen molar-refractivity contribution in [3.63, 3.8) is 0 Å². The van der Waals surface area contributed by atoms with E-state index in [1.165, 1.54) is 31.3 Å². The molecular weight excluding hydrogens is 261 g/mol. The van der Waals surface area contributed by atoms with Gasteiger partial charge < -0.3 is 5.32 Å². The highest BCUT2D eigenvalue weighted by molar-refractivity contribution is 5.32. The molecule has 0 spiro atoms. The van der Waals surface area contributed by atoms with Crippen molar-refractivity contribution >= 4 is 0 Å². The number of benzene rings is 1. The Hall–Kier alpha value is -1.15. The van der Waals surface area contributed by atoms with Crippen LogP contribution in [0.2, 0.25) is 0 Å². The molecule has 21 heavy (non-hydrogen) atoms. The smallest absolute Gasteiger partial charge is 0.128 e. The Labute approximate surface area is 128 Å². The quantitative estimate of drug-likeness (QED) is 0.710. The minimum atomic E-state index is -0.0773.